The van der Waals surface area contributed by atoms with Crippen LogP contribution in [-0.2, 0) is 27.7 Å². The van der Waals surface area contributed by atoms with Gasteiger partial charge in [-0.2, -0.15) is 0 Å². The first-order valence-electron chi connectivity index (χ1n) is 10.8. The number of amides is 1. The first kappa shape index (κ1) is 24.0. The maximum absolute atomic E-state index is 13.1. The molecule has 0 bridgehead atoms. The minimum atomic E-state index is -0.897. The van der Waals surface area contributed by atoms with Crippen LogP contribution >= 0.6 is 0 Å². The fourth-order valence-electron chi connectivity index (χ4n) is 3.82. The molecule has 1 heterocycles. The van der Waals surface area contributed by atoms with Gasteiger partial charge in [0, 0.05) is 18.9 Å². The first-order valence-corrected chi connectivity index (χ1v) is 10.8. The monoisotopic (exact) mass is 450 g/mol. The third kappa shape index (κ3) is 5.42. The van der Waals surface area contributed by atoms with Gasteiger partial charge in [0.25, 0.3) is 5.56 Å². The number of rotatable bonds is 5. The number of carbonyl (C=O) groups is 2. The van der Waals surface area contributed by atoms with Gasteiger partial charge in [0.1, 0.15) is 11.6 Å². The molecule has 0 aliphatic rings. The molecule has 0 spiro atoms. The molecule has 0 saturated heterocycles. The molecule has 3 aromatic rings. The van der Waals surface area contributed by atoms with E-state index < -0.39 is 23.7 Å². The second-order valence-corrected chi connectivity index (χ2v) is 9.00. The molecule has 0 radical (unpaired) electrons. The lowest BCUT2D eigenvalue weighted by Gasteiger charge is -2.22. The highest BCUT2D eigenvalue weighted by molar-refractivity contribution is 5.88. The molecule has 0 aliphatic heterocycles. The van der Waals surface area contributed by atoms with E-state index in [9.17, 15) is 14.4 Å². The van der Waals surface area contributed by atoms with E-state index in [4.69, 9.17) is 9.47 Å². The summed E-state index contributed by atoms with van der Waals surface area (Å²) < 4.78 is 11.8. The predicted molar refractivity (Wildman–Crippen MR) is 128 cm³/mol. The summed E-state index contributed by atoms with van der Waals surface area (Å²) in [4.78, 5) is 37.4. The molecular formula is C26H30N2O5. The fraction of sp³-hybridized carbons (Fsp3) is 0.346. The van der Waals surface area contributed by atoms with E-state index in [1.807, 2.05) is 55.5 Å². The molecule has 0 fully saturated rings. The van der Waals surface area contributed by atoms with Crippen LogP contribution in [0.1, 0.15) is 31.9 Å². The highest BCUT2D eigenvalue weighted by Crippen LogP contribution is 2.26. The van der Waals surface area contributed by atoms with Crippen molar-refractivity contribution in [3.05, 3.63) is 70.0 Å². The molecule has 2 aromatic carbocycles. The Morgan fingerprint density at radius 2 is 1.70 bits per heavy atom. The zero-order chi connectivity index (χ0) is 24.3. The quantitative estimate of drug-likeness (QED) is 0.591. The van der Waals surface area contributed by atoms with Crippen LogP contribution in [0.5, 0.6) is 0 Å². The van der Waals surface area contributed by atoms with Crippen LogP contribution in [0, 0.1) is 6.92 Å². The van der Waals surface area contributed by atoms with Crippen molar-refractivity contribution in [1.82, 2.24) is 9.88 Å². The zero-order valence-corrected chi connectivity index (χ0v) is 19.9. The number of para-hydroxylation sites is 1. The van der Waals surface area contributed by atoms with E-state index in [1.165, 1.54) is 7.11 Å². The SMILES string of the molecule is COC(=O)C(Cc1ccc(-c2c(C)c3ccccc3n(C)c2=O)cc1)NC(=O)OC(C)(C)C. The lowest BCUT2D eigenvalue weighted by molar-refractivity contribution is -0.143. The van der Waals surface area contributed by atoms with E-state index in [2.05, 4.69) is 5.32 Å². The van der Waals surface area contributed by atoms with Crippen molar-refractivity contribution in [3.8, 4) is 11.1 Å². The molecule has 0 saturated carbocycles. The number of methoxy groups -OCH3 is 1. The lowest BCUT2D eigenvalue weighted by atomic mass is 9.96. The van der Waals surface area contributed by atoms with Crippen LogP contribution in [0.15, 0.2) is 53.3 Å². The largest absolute Gasteiger partial charge is 0.467 e. The number of pyridine rings is 1. The molecule has 3 rings (SSSR count). The van der Waals surface area contributed by atoms with Crippen LogP contribution in [-0.4, -0.2) is 35.4 Å². The third-order valence-electron chi connectivity index (χ3n) is 5.42. The minimum Gasteiger partial charge on any atom is -0.467 e. The van der Waals surface area contributed by atoms with Gasteiger partial charge in [-0.3, -0.25) is 4.79 Å². The van der Waals surface area contributed by atoms with Gasteiger partial charge in [0.15, 0.2) is 0 Å². The molecule has 7 nitrogen and oxygen atoms in total. The van der Waals surface area contributed by atoms with Crippen molar-refractivity contribution in [2.24, 2.45) is 7.05 Å². The molecule has 1 unspecified atom stereocenters. The lowest BCUT2D eigenvalue weighted by Crippen LogP contribution is -2.45. The molecule has 1 amide bonds. The van der Waals surface area contributed by atoms with E-state index in [0.29, 0.717) is 5.56 Å². The number of alkyl carbamates (subject to hydrolysis) is 1. The van der Waals surface area contributed by atoms with E-state index in [-0.39, 0.29) is 12.0 Å². The average Bonchev–Trinajstić information content (AvgIpc) is 2.76. The van der Waals surface area contributed by atoms with Gasteiger partial charge >= 0.3 is 12.1 Å². The molecule has 1 N–H and O–H groups in total. The smallest absolute Gasteiger partial charge is 0.408 e. The summed E-state index contributed by atoms with van der Waals surface area (Å²) in [6.07, 6.45) is -0.467. The van der Waals surface area contributed by atoms with Crippen molar-refractivity contribution in [2.45, 2.75) is 45.8 Å². The number of nitrogens with one attached hydrogen (secondary N) is 1. The van der Waals surface area contributed by atoms with Crippen molar-refractivity contribution < 1.29 is 19.1 Å². The zero-order valence-electron chi connectivity index (χ0n) is 19.9. The molecule has 0 aliphatic carbocycles. The average molecular weight is 451 g/mol. The molecule has 174 valence electrons. The van der Waals surface area contributed by atoms with Crippen LogP contribution in [0.2, 0.25) is 0 Å². The Kier molecular flexibility index (Phi) is 6.91. The Morgan fingerprint density at radius 3 is 2.30 bits per heavy atom. The van der Waals surface area contributed by atoms with Crippen molar-refractivity contribution in [2.75, 3.05) is 7.11 Å². The maximum atomic E-state index is 13.1. The Morgan fingerprint density at radius 1 is 1.06 bits per heavy atom. The summed E-state index contributed by atoms with van der Waals surface area (Å²) >= 11 is 0. The molecule has 1 aromatic heterocycles. The Balaban J connectivity index is 1.88. The second-order valence-electron chi connectivity index (χ2n) is 9.00. The van der Waals surface area contributed by atoms with Gasteiger partial charge in [0.05, 0.1) is 18.2 Å². The Labute approximate surface area is 193 Å². The van der Waals surface area contributed by atoms with Gasteiger partial charge in [-0.05, 0) is 50.5 Å². The van der Waals surface area contributed by atoms with E-state index in [0.717, 1.165) is 27.6 Å². The van der Waals surface area contributed by atoms with E-state index >= 15 is 0 Å². The number of hydrogen-bond donors (Lipinski definition) is 1. The summed E-state index contributed by atoms with van der Waals surface area (Å²) in [5.41, 5.74) is 3.28. The van der Waals surface area contributed by atoms with Gasteiger partial charge in [-0.25, -0.2) is 9.59 Å². The van der Waals surface area contributed by atoms with Crippen LogP contribution in [0.3, 0.4) is 0 Å². The number of ether oxygens (including phenoxy) is 2. The maximum Gasteiger partial charge on any atom is 0.408 e. The van der Waals surface area contributed by atoms with Gasteiger partial charge in [-0.1, -0.05) is 42.5 Å². The second kappa shape index (κ2) is 9.48. The van der Waals surface area contributed by atoms with Gasteiger partial charge in [0.2, 0.25) is 0 Å². The fourth-order valence-corrected chi connectivity index (χ4v) is 3.82. The highest BCUT2D eigenvalue weighted by Gasteiger charge is 2.25. The van der Waals surface area contributed by atoms with Gasteiger partial charge < -0.3 is 19.4 Å². The summed E-state index contributed by atoms with van der Waals surface area (Å²) in [5, 5.41) is 3.60. The van der Waals surface area contributed by atoms with E-state index in [1.54, 1.807) is 32.4 Å². The number of nitrogens with zero attached hydrogens (tertiary/aromatic N) is 1. The summed E-state index contributed by atoms with van der Waals surface area (Å²) in [6, 6.07) is 14.3. The molecule has 7 heteroatoms. The normalized spacial score (nSPS) is 12.3. The van der Waals surface area contributed by atoms with Crippen LogP contribution < -0.4 is 10.9 Å². The Hall–Kier alpha value is -3.61. The van der Waals surface area contributed by atoms with Crippen molar-refractivity contribution in [3.63, 3.8) is 0 Å². The summed E-state index contributed by atoms with van der Waals surface area (Å²) in [6.45, 7) is 7.19. The topological polar surface area (TPSA) is 86.6 Å². The van der Waals surface area contributed by atoms with Crippen molar-refractivity contribution >= 4 is 23.0 Å². The molecule has 33 heavy (non-hydrogen) atoms. The number of carbonyl (C=O) groups excluding carboxylic acids is 2. The first-order chi connectivity index (χ1) is 15.5. The number of benzene rings is 2. The number of aryl methyl sites for hydroxylation is 2. The van der Waals surface area contributed by atoms with Crippen molar-refractivity contribution in [1.29, 1.82) is 0 Å². The third-order valence-corrected chi connectivity index (χ3v) is 5.42. The summed E-state index contributed by atoms with van der Waals surface area (Å²) in [7, 11) is 3.04. The number of hydrogen-bond acceptors (Lipinski definition) is 5. The minimum absolute atomic E-state index is 0.0713. The number of aromatic nitrogens is 1. The Bertz CT molecular complexity index is 1240. The molecular weight excluding hydrogens is 420 g/mol. The number of esters is 1. The molecule has 1 atom stereocenters. The standard InChI is InChI=1S/C26H30N2O5/c1-16-19-9-7-8-10-21(19)28(5)23(29)22(16)18-13-11-17(12-14-18)15-20(24(30)32-6)27-25(31)33-26(2,3)4/h7-14,20H,15H2,1-6H3,(H,27,31). The predicted octanol–water partition coefficient (Wildman–Crippen LogP) is 4.12. The number of fused-ring (bicyclic) bond motifs is 1. The van der Waals surface area contributed by atoms with Crippen LogP contribution in [0.4, 0.5) is 4.79 Å². The highest BCUT2D eigenvalue weighted by atomic mass is 16.6. The van der Waals surface area contributed by atoms with Crippen LogP contribution in [0.25, 0.3) is 22.0 Å². The van der Waals surface area contributed by atoms with Gasteiger partial charge in [-0.15, -0.1) is 0 Å². The summed E-state index contributed by atoms with van der Waals surface area (Å²) in [5.74, 6) is -0.566.